The molecule has 4 heteroatoms. The quantitative estimate of drug-likeness (QED) is 0.540. The van der Waals surface area contributed by atoms with Crippen molar-refractivity contribution in [1.29, 1.82) is 0 Å². The molecule has 0 aliphatic carbocycles. The van der Waals surface area contributed by atoms with E-state index in [2.05, 4.69) is 0 Å². The predicted molar refractivity (Wildman–Crippen MR) is 48.9 cm³/mol. The van der Waals surface area contributed by atoms with Crippen LogP contribution in [0.15, 0.2) is 12.1 Å². The van der Waals surface area contributed by atoms with E-state index in [0.717, 1.165) is 4.88 Å². The molecule has 0 fully saturated rings. The van der Waals surface area contributed by atoms with E-state index in [1.165, 1.54) is 11.3 Å². The van der Waals surface area contributed by atoms with Crippen molar-refractivity contribution in [1.82, 2.24) is 0 Å². The van der Waals surface area contributed by atoms with E-state index in [1.807, 2.05) is 13.0 Å². The van der Waals surface area contributed by atoms with E-state index >= 15 is 0 Å². The van der Waals surface area contributed by atoms with Crippen molar-refractivity contribution in [2.45, 2.75) is 11.8 Å². The van der Waals surface area contributed by atoms with Crippen LogP contribution in [0.3, 0.4) is 0 Å². The van der Waals surface area contributed by atoms with Crippen molar-refractivity contribution >= 4 is 40.3 Å². The Morgan fingerprint density at radius 3 is 2.55 bits per heavy atom. The third-order valence-electron chi connectivity index (χ3n) is 1.18. The highest BCUT2D eigenvalue weighted by molar-refractivity contribution is 7.14. The van der Waals surface area contributed by atoms with Crippen LogP contribution in [0.4, 0.5) is 0 Å². The Hall–Kier alpha value is -0.0500. The maximum atomic E-state index is 11.1. The summed E-state index contributed by atoms with van der Waals surface area (Å²) < 4.78 is 0. The van der Waals surface area contributed by atoms with Crippen LogP contribution in [0.1, 0.15) is 14.5 Å². The summed E-state index contributed by atoms with van der Waals surface area (Å²) in [7, 11) is 0. The van der Waals surface area contributed by atoms with Crippen molar-refractivity contribution in [2.24, 2.45) is 0 Å². The number of hydrogen-bond acceptors (Lipinski definition) is 2. The Labute approximate surface area is 78.9 Å². The number of ketones is 1. The Morgan fingerprint density at radius 1 is 1.55 bits per heavy atom. The molecule has 1 rings (SSSR count). The fraction of sp³-hybridized carbons (Fsp3) is 0.286. The van der Waals surface area contributed by atoms with Crippen molar-refractivity contribution in [3.63, 3.8) is 0 Å². The van der Waals surface area contributed by atoms with Gasteiger partial charge in [0, 0.05) is 4.88 Å². The summed E-state index contributed by atoms with van der Waals surface area (Å²) in [6, 6.07) is 3.61. The van der Waals surface area contributed by atoms with E-state index in [4.69, 9.17) is 23.2 Å². The molecule has 0 aromatic carbocycles. The molecule has 1 heterocycles. The Bertz CT molecular complexity index is 267. The molecule has 0 spiro atoms. The van der Waals surface area contributed by atoms with Crippen LogP contribution < -0.4 is 0 Å². The zero-order chi connectivity index (χ0) is 8.43. The molecule has 0 saturated heterocycles. The Morgan fingerprint density at radius 2 is 2.18 bits per heavy atom. The van der Waals surface area contributed by atoms with E-state index < -0.39 is 4.84 Å². The summed E-state index contributed by atoms with van der Waals surface area (Å²) in [5, 5.41) is 0. The molecule has 60 valence electrons. The highest BCUT2D eigenvalue weighted by Crippen LogP contribution is 2.19. The average molecular weight is 209 g/mol. The lowest BCUT2D eigenvalue weighted by atomic mass is 10.3. The van der Waals surface area contributed by atoms with E-state index in [-0.39, 0.29) is 5.78 Å². The van der Waals surface area contributed by atoms with Crippen molar-refractivity contribution in [3.8, 4) is 0 Å². The smallest absolute Gasteiger partial charge is 0.205 e. The topological polar surface area (TPSA) is 17.1 Å². The zero-order valence-corrected chi connectivity index (χ0v) is 8.13. The number of carbonyl (C=O) groups is 1. The van der Waals surface area contributed by atoms with Gasteiger partial charge < -0.3 is 0 Å². The molecule has 0 bridgehead atoms. The molecule has 0 aliphatic rings. The molecule has 0 radical (unpaired) electrons. The van der Waals surface area contributed by atoms with E-state index in [1.54, 1.807) is 6.07 Å². The summed E-state index contributed by atoms with van der Waals surface area (Å²) in [5.74, 6) is -0.216. The lowest BCUT2D eigenvalue weighted by Gasteiger charge is -1.94. The van der Waals surface area contributed by atoms with Gasteiger partial charge in [0.1, 0.15) is 0 Å². The third-order valence-corrected chi connectivity index (χ3v) is 2.59. The van der Waals surface area contributed by atoms with Crippen LogP contribution in [0, 0.1) is 6.92 Å². The summed E-state index contributed by atoms with van der Waals surface area (Å²) in [5.41, 5.74) is 0. The minimum Gasteiger partial charge on any atom is -0.290 e. The molecule has 1 nitrogen and oxygen atoms in total. The van der Waals surface area contributed by atoms with Crippen molar-refractivity contribution in [3.05, 3.63) is 21.9 Å². The molecule has 0 atom stereocenters. The van der Waals surface area contributed by atoms with Crippen LogP contribution in [0.25, 0.3) is 0 Å². The van der Waals surface area contributed by atoms with Gasteiger partial charge in [-0.05, 0) is 19.1 Å². The van der Waals surface area contributed by atoms with Gasteiger partial charge >= 0.3 is 0 Å². The Kier molecular flexibility index (Phi) is 2.93. The Balaban J connectivity index is 2.85. The van der Waals surface area contributed by atoms with Gasteiger partial charge in [0.15, 0.2) is 4.84 Å². The molecule has 1 aromatic rings. The summed E-state index contributed by atoms with van der Waals surface area (Å²) in [6.45, 7) is 1.93. The second kappa shape index (κ2) is 3.57. The van der Waals surface area contributed by atoms with Gasteiger partial charge in [-0.1, -0.05) is 23.2 Å². The number of carbonyl (C=O) groups excluding carboxylic acids is 1. The SMILES string of the molecule is Cc1ccc(C(=O)C(Cl)Cl)s1. The average Bonchev–Trinajstić information content (AvgIpc) is 2.34. The summed E-state index contributed by atoms with van der Waals surface area (Å²) >= 11 is 12.2. The number of thiophene rings is 1. The largest absolute Gasteiger partial charge is 0.290 e. The van der Waals surface area contributed by atoms with Gasteiger partial charge in [-0.15, -0.1) is 11.3 Å². The first-order valence-corrected chi connectivity index (χ1v) is 4.69. The van der Waals surface area contributed by atoms with Crippen molar-refractivity contribution < 1.29 is 4.79 Å². The van der Waals surface area contributed by atoms with E-state index in [0.29, 0.717) is 4.88 Å². The highest BCUT2D eigenvalue weighted by Gasteiger charge is 2.15. The second-order valence-corrected chi connectivity index (χ2v) is 4.46. The van der Waals surface area contributed by atoms with E-state index in [9.17, 15) is 4.79 Å². The molecule has 0 unspecified atom stereocenters. The van der Waals surface area contributed by atoms with Gasteiger partial charge in [-0.3, -0.25) is 4.79 Å². The molecule has 1 aromatic heterocycles. The summed E-state index contributed by atoms with van der Waals surface area (Å²) in [4.78, 5) is 11.9. The molecule has 0 aliphatic heterocycles. The predicted octanol–water partition coefficient (Wildman–Crippen LogP) is 3.04. The monoisotopic (exact) mass is 208 g/mol. The van der Waals surface area contributed by atoms with Crippen molar-refractivity contribution in [2.75, 3.05) is 0 Å². The fourth-order valence-corrected chi connectivity index (χ4v) is 1.88. The lowest BCUT2D eigenvalue weighted by Crippen LogP contribution is -2.05. The molecular formula is C7H6Cl2OS. The second-order valence-electron chi connectivity index (χ2n) is 2.08. The number of rotatable bonds is 2. The fourth-order valence-electron chi connectivity index (χ4n) is 0.674. The van der Waals surface area contributed by atoms with Gasteiger partial charge in [0.25, 0.3) is 0 Å². The maximum absolute atomic E-state index is 11.1. The van der Waals surface area contributed by atoms with Gasteiger partial charge in [-0.2, -0.15) is 0 Å². The first-order chi connectivity index (χ1) is 5.11. The number of alkyl halides is 2. The number of halogens is 2. The molecule has 0 saturated carbocycles. The van der Waals surface area contributed by atoms with Crippen LogP contribution in [-0.2, 0) is 0 Å². The minimum atomic E-state index is -0.937. The first-order valence-electron chi connectivity index (χ1n) is 3.00. The van der Waals surface area contributed by atoms with Gasteiger partial charge in [-0.25, -0.2) is 0 Å². The molecular weight excluding hydrogens is 203 g/mol. The standard InChI is InChI=1S/C7H6Cl2OS/c1-4-2-3-5(11-4)6(10)7(8)9/h2-3,7H,1H3. The van der Waals surface area contributed by atoms with Crippen LogP contribution in [0.5, 0.6) is 0 Å². The minimum absolute atomic E-state index is 0.216. The highest BCUT2D eigenvalue weighted by atomic mass is 35.5. The maximum Gasteiger partial charge on any atom is 0.205 e. The molecule has 0 N–H and O–H groups in total. The normalized spacial score (nSPS) is 10.5. The van der Waals surface area contributed by atoms with Crippen LogP contribution in [0.2, 0.25) is 0 Å². The number of Topliss-reactive ketones (excluding diaryl/α,β-unsaturated/α-hetero) is 1. The lowest BCUT2D eigenvalue weighted by molar-refractivity contribution is 0.101. The molecule has 11 heavy (non-hydrogen) atoms. The van der Waals surface area contributed by atoms with Crippen LogP contribution in [-0.4, -0.2) is 10.6 Å². The number of hydrogen-bond donors (Lipinski definition) is 0. The zero-order valence-electron chi connectivity index (χ0n) is 5.80. The first kappa shape index (κ1) is 9.04. The van der Waals surface area contributed by atoms with Gasteiger partial charge in [0.05, 0.1) is 4.88 Å². The molecule has 0 amide bonds. The third kappa shape index (κ3) is 2.19. The van der Waals surface area contributed by atoms with Crippen LogP contribution >= 0.6 is 34.5 Å². The number of aryl methyl sites for hydroxylation is 1. The summed E-state index contributed by atoms with van der Waals surface area (Å²) in [6.07, 6.45) is 0. The van der Waals surface area contributed by atoms with Gasteiger partial charge in [0.2, 0.25) is 5.78 Å².